The van der Waals surface area contributed by atoms with Crippen molar-refractivity contribution < 1.29 is 112 Å². The van der Waals surface area contributed by atoms with Crippen LogP contribution in [0.25, 0.3) is 0 Å². The maximum absolute atomic E-state index is 11.4. The molecule has 28 nitrogen and oxygen atoms in total. The van der Waals surface area contributed by atoms with Gasteiger partial charge in [0, 0.05) is 18.4 Å². The van der Waals surface area contributed by atoms with Gasteiger partial charge >= 0.3 is 29.8 Å². The van der Waals surface area contributed by atoms with E-state index < -0.39 is 98.3 Å². The van der Waals surface area contributed by atoms with Crippen LogP contribution in [0.1, 0.15) is 129 Å². The Morgan fingerprint density at radius 3 is 0.802 bits per heavy atom. The maximum atomic E-state index is 11.4. The number of methoxy groups -OCH3 is 5. The number of alkyl halides is 1. The van der Waals surface area contributed by atoms with Crippen molar-refractivity contribution in [1.29, 1.82) is 0 Å². The van der Waals surface area contributed by atoms with Crippen molar-refractivity contribution in [3.63, 3.8) is 0 Å². The summed E-state index contributed by atoms with van der Waals surface area (Å²) in [6.07, 6.45) is -1.18. The zero-order chi connectivity index (χ0) is 81.7. The molecular formula is C71H104ClN5O23S5Si. The summed E-state index contributed by atoms with van der Waals surface area (Å²) in [5.41, 5.74) is 5.27. The molecule has 0 amide bonds. The molecule has 0 unspecified atom stereocenters. The number of nitrogens with one attached hydrogen (secondary N) is 5. The van der Waals surface area contributed by atoms with Crippen molar-refractivity contribution in [3.8, 4) is 28.7 Å². The molecule has 0 radical (unpaired) electrons. The van der Waals surface area contributed by atoms with E-state index in [-0.39, 0.29) is 5.78 Å². The minimum Gasteiger partial charge on any atom is -0.497 e. The van der Waals surface area contributed by atoms with E-state index in [1.165, 1.54) is 16.8 Å². The molecule has 0 aliphatic rings. The fourth-order valence-electron chi connectivity index (χ4n) is 7.83. The number of aliphatic hydroxyl groups excluding tert-OH is 4. The SMILES string of the molecule is CCC(C)=O.CCl.COc1ccc([C@@H](O)[C@@H](C)C(=O)ONS)cc1.COc1ccc([C@@H](O)[C@H](C)C(=O)ONS)cc1.COc1ccc([C@H](O)[C@@H](C)C(=O)ONS)cc1.COc1ccc([C@H](O)[C@H](C)C(=O)ONS)cc1.COc1ccc([C@H](O[Si](C)(C)C)[C@H](C)C(=O)O)cc1.Cc1ccc(C=O)cc1.ONS. The third-order valence-corrected chi connectivity index (χ3v) is 15.6. The summed E-state index contributed by atoms with van der Waals surface area (Å²) >= 11 is 21.9. The van der Waals surface area contributed by atoms with Crippen LogP contribution in [0.5, 0.6) is 28.7 Å². The van der Waals surface area contributed by atoms with Crippen LogP contribution in [-0.2, 0) is 52.5 Å². The molecule has 0 saturated heterocycles. The van der Waals surface area contributed by atoms with Crippen molar-refractivity contribution in [1.82, 2.24) is 24.4 Å². The zero-order valence-electron chi connectivity index (χ0n) is 62.2. The number of ketones is 1. The standard InChI is InChI=1S/C14H22O4Si.4C11H15NO4S.C8H8O.C4H8O.CH3Cl.H3NOS/c1-10(14(15)16)13(18-19(3,4)5)11-6-8-12(17-2)9-7-11;4*1-7(11(14)16-12-17)10(13)8-3-5-9(15-2)6-4-8;1-7-2-4-8(6-9)5-3-7;1-3-4(2)5;1-2;2-1-3/h6-10,13H,1-5H3,(H,15,16);4*3-7,10,12-13,17H,1-2H3;2-6H,1H3;3H2,1-2H3;1H3;1-3H/t10-,13+;2*7-,10+;2*7-,10-;;;;/m01010..../s1. The lowest BCUT2D eigenvalue weighted by Gasteiger charge is -2.29. The highest BCUT2D eigenvalue weighted by molar-refractivity contribution is 7.78. The van der Waals surface area contributed by atoms with E-state index in [0.717, 1.165) is 23.2 Å². The van der Waals surface area contributed by atoms with Crippen LogP contribution in [0.3, 0.4) is 0 Å². The summed E-state index contributed by atoms with van der Waals surface area (Å²) in [5, 5.41) is 56.2. The first-order valence-electron chi connectivity index (χ1n) is 31.8. The number of Topliss-reactive ketones (excluding diaryl/α,β-unsaturated/α-hetero) is 1. The topological polar surface area (TPSA) is 393 Å². The fraction of sp³-hybridized carbons (Fsp3) is 0.394. The first-order valence-corrected chi connectivity index (χ1v) is 38.2. The normalized spacial score (nSPS) is 12.9. The summed E-state index contributed by atoms with van der Waals surface area (Å²) in [5.74, 6) is -2.76. The second kappa shape index (κ2) is 59.8. The summed E-state index contributed by atoms with van der Waals surface area (Å²) in [4.78, 5) is 104. The van der Waals surface area contributed by atoms with E-state index >= 15 is 0 Å². The maximum Gasteiger partial charge on any atom is 0.331 e. The van der Waals surface area contributed by atoms with Crippen LogP contribution < -0.4 is 48.1 Å². The third kappa shape index (κ3) is 43.0. The van der Waals surface area contributed by atoms with Gasteiger partial charge in [-0.3, -0.25) is 9.59 Å². The quantitative estimate of drug-likeness (QED) is 0.00542. The zero-order valence-corrected chi connectivity index (χ0v) is 68.4. The first kappa shape index (κ1) is 103. The van der Waals surface area contributed by atoms with E-state index in [1.54, 1.807) is 174 Å². The lowest BCUT2D eigenvalue weighted by molar-refractivity contribution is -0.155. The molecule has 6 rings (SSSR count). The number of hydrogen-bond donors (Lipinski definition) is 16. The highest BCUT2D eigenvalue weighted by Crippen LogP contribution is 2.32. The van der Waals surface area contributed by atoms with Crippen LogP contribution in [-0.4, -0.2) is 123 Å². The van der Waals surface area contributed by atoms with Gasteiger partial charge in [-0.15, -0.1) is 11.6 Å². The van der Waals surface area contributed by atoms with Gasteiger partial charge < -0.3 is 83.0 Å². The van der Waals surface area contributed by atoms with Crippen LogP contribution in [0.15, 0.2) is 146 Å². The highest BCUT2D eigenvalue weighted by atomic mass is 35.5. The summed E-state index contributed by atoms with van der Waals surface area (Å²) in [6, 6.07) is 42.1. The number of halogens is 1. The Morgan fingerprint density at radius 2 is 0.642 bits per heavy atom. The number of rotatable bonds is 28. The molecule has 0 bridgehead atoms. The van der Waals surface area contributed by atoms with Gasteiger partial charge in [-0.1, -0.05) is 181 Å². The number of ether oxygens (including phenoxy) is 5. The Labute approximate surface area is 654 Å². The molecule has 0 aliphatic heterocycles. The summed E-state index contributed by atoms with van der Waals surface area (Å²) in [7, 11) is 6.01. The molecule has 0 aliphatic carbocycles. The Kier molecular flexibility index (Phi) is 58.1. The lowest BCUT2D eigenvalue weighted by Crippen LogP contribution is -2.33. The van der Waals surface area contributed by atoms with Gasteiger partial charge in [-0.25, -0.2) is 19.2 Å². The Balaban J connectivity index is -0.00000118. The van der Waals surface area contributed by atoms with Crippen LogP contribution >= 0.6 is 75.7 Å². The second-order valence-electron chi connectivity index (χ2n) is 22.8. The number of thiol groups is 5. The number of carbonyl (C=O) groups is 7. The van der Waals surface area contributed by atoms with Gasteiger partial charge in [0.2, 0.25) is 0 Å². The minimum atomic E-state index is -1.83. The highest BCUT2D eigenvalue weighted by Gasteiger charge is 2.32. The number of aldehydes is 1. The lowest BCUT2D eigenvalue weighted by atomic mass is 9.97. The molecule has 106 heavy (non-hydrogen) atoms. The van der Waals surface area contributed by atoms with E-state index in [4.69, 9.17) is 33.3 Å². The number of carboxylic acid groups (broad SMARTS) is 1. The number of aliphatic hydroxyl groups is 4. The van der Waals surface area contributed by atoms with E-state index in [9.17, 15) is 59.1 Å². The molecule has 6 aromatic rings. The van der Waals surface area contributed by atoms with Crippen LogP contribution in [0.2, 0.25) is 19.6 Å². The molecule has 10 atom stereocenters. The number of aliphatic carboxylic acids is 1. The molecular weight excluding hydrogens is 1510 g/mol. The van der Waals surface area contributed by atoms with E-state index in [1.807, 2.05) is 81.9 Å². The third-order valence-electron chi connectivity index (χ3n) is 14.3. The average Bonchev–Trinajstić information content (AvgIpc) is 0.750. The smallest absolute Gasteiger partial charge is 0.331 e. The van der Waals surface area contributed by atoms with E-state index in [0.29, 0.717) is 51.7 Å². The van der Waals surface area contributed by atoms with Crippen LogP contribution in [0.4, 0.5) is 0 Å². The molecule has 6 aromatic carbocycles. The summed E-state index contributed by atoms with van der Waals surface area (Å²) < 4.78 is 31.2. The monoisotopic (exact) mass is 1620 g/mol. The van der Waals surface area contributed by atoms with Crippen molar-refractivity contribution in [3.05, 3.63) is 185 Å². The molecule has 0 fully saturated rings. The molecule has 35 heteroatoms. The van der Waals surface area contributed by atoms with Gasteiger partial charge in [-0.2, -0.15) is 4.89 Å². The van der Waals surface area contributed by atoms with E-state index in [2.05, 4.69) is 115 Å². The Bertz CT molecular complexity index is 3070. The molecule has 592 valence electrons. The Hall–Kier alpha value is -7.17. The second-order valence-corrected chi connectivity index (χ2v) is 28.2. The minimum absolute atomic E-state index is 0.255. The molecule has 0 aromatic heterocycles. The first-order chi connectivity index (χ1) is 50.1. The molecule has 0 spiro atoms. The van der Waals surface area contributed by atoms with Gasteiger partial charge in [0.1, 0.15) is 40.8 Å². The largest absolute Gasteiger partial charge is 0.497 e. The van der Waals surface area contributed by atoms with Gasteiger partial charge in [-0.05, 0) is 157 Å². The number of carboxylic acids is 1. The van der Waals surface area contributed by atoms with Gasteiger partial charge in [0.05, 0.1) is 95.7 Å². The molecule has 0 heterocycles. The van der Waals surface area contributed by atoms with Crippen molar-refractivity contribution >= 4 is 126 Å². The molecule has 11 N–H and O–H groups in total. The predicted octanol–water partition coefficient (Wildman–Crippen LogP) is 11.8. The number of carbonyl (C=O) groups excluding carboxylic acids is 6. The predicted molar refractivity (Wildman–Crippen MR) is 422 cm³/mol. The fourth-order valence-corrected chi connectivity index (χ4v) is 9.30. The average molecular weight is 1620 g/mol. The van der Waals surface area contributed by atoms with Gasteiger partial charge in [0.15, 0.2) is 8.32 Å². The summed E-state index contributed by atoms with van der Waals surface area (Å²) in [6.45, 7) is 19.6. The number of hydrogen-bond acceptors (Lipinski definition) is 32. The van der Waals surface area contributed by atoms with Gasteiger partial charge in [0.25, 0.3) is 0 Å². The van der Waals surface area contributed by atoms with Crippen molar-refractivity contribution in [2.24, 2.45) is 29.6 Å². The number of benzene rings is 6. The molecule has 0 saturated carbocycles. The van der Waals surface area contributed by atoms with Crippen molar-refractivity contribution in [2.45, 2.75) is 112 Å². The van der Waals surface area contributed by atoms with Crippen LogP contribution in [0, 0.1) is 36.5 Å². The Morgan fingerprint density at radius 1 is 0.434 bits per heavy atom. The number of aryl methyl sites for hydroxylation is 1. The van der Waals surface area contributed by atoms with Crippen molar-refractivity contribution in [2.75, 3.05) is 41.9 Å².